The number of rotatable bonds is 8. The van der Waals surface area contributed by atoms with Gasteiger partial charge in [-0.25, -0.2) is 0 Å². The normalized spacial score (nSPS) is 10.8. The van der Waals surface area contributed by atoms with Crippen molar-refractivity contribution in [3.8, 4) is 5.75 Å². The van der Waals surface area contributed by atoms with Gasteiger partial charge in [0.05, 0.1) is 8.95 Å². The lowest BCUT2D eigenvalue weighted by Crippen LogP contribution is -2.17. The van der Waals surface area contributed by atoms with Gasteiger partial charge in [-0.15, -0.1) is 0 Å². The average Bonchev–Trinajstić information content (AvgIpc) is 2.58. The predicted molar refractivity (Wildman–Crippen MR) is 117 cm³/mol. The van der Waals surface area contributed by atoms with Gasteiger partial charge in [-0.05, 0) is 79.7 Å². The van der Waals surface area contributed by atoms with E-state index >= 15 is 0 Å². The summed E-state index contributed by atoms with van der Waals surface area (Å²) in [7, 11) is 0. The monoisotopic (exact) mass is 531 g/mol. The minimum absolute atomic E-state index is 0.0620. The van der Waals surface area contributed by atoms with Gasteiger partial charge in [-0.3, -0.25) is 9.59 Å². The molecule has 0 spiro atoms. The van der Waals surface area contributed by atoms with E-state index in [9.17, 15) is 9.59 Å². The summed E-state index contributed by atoms with van der Waals surface area (Å²) in [6.45, 7) is 3.88. The Kier molecular flexibility index (Phi) is 8.34. The fourth-order valence-electron chi connectivity index (χ4n) is 2.39. The van der Waals surface area contributed by atoms with Crippen LogP contribution in [0.4, 0.5) is 5.69 Å². The van der Waals surface area contributed by atoms with E-state index in [0.29, 0.717) is 22.9 Å². The molecule has 2 aromatic rings. The summed E-state index contributed by atoms with van der Waals surface area (Å²) in [4.78, 5) is 22.6. The van der Waals surface area contributed by atoms with Gasteiger partial charge in [0.2, 0.25) is 5.91 Å². The number of aryl methyl sites for hydroxylation is 1. The number of halogens is 3. The zero-order valence-corrected chi connectivity index (χ0v) is 19.3. The molecule has 0 atom stereocenters. The first-order valence-electron chi connectivity index (χ1n) is 8.58. The Labute approximate surface area is 185 Å². The van der Waals surface area contributed by atoms with Gasteiger partial charge >= 0.3 is 5.97 Å². The highest BCUT2D eigenvalue weighted by Crippen LogP contribution is 2.36. The van der Waals surface area contributed by atoms with Crippen molar-refractivity contribution in [3.63, 3.8) is 0 Å². The molecule has 0 aliphatic heterocycles. The number of nitrogens with one attached hydrogen (secondary N) is 1. The quantitative estimate of drug-likeness (QED) is 0.433. The Morgan fingerprint density at radius 1 is 1.11 bits per heavy atom. The Bertz CT molecular complexity index is 863. The highest BCUT2D eigenvalue weighted by Gasteiger charge is 2.12. The number of carbonyl (C=O) groups excluding carboxylic acids is 1. The number of benzene rings is 2. The molecule has 2 aromatic carbocycles. The van der Waals surface area contributed by atoms with Crippen molar-refractivity contribution < 1.29 is 19.4 Å². The second-order valence-corrected chi connectivity index (χ2v) is 8.71. The molecule has 1 amide bonds. The van der Waals surface area contributed by atoms with Gasteiger partial charge in [0.15, 0.2) is 0 Å². The van der Waals surface area contributed by atoms with E-state index in [1.165, 1.54) is 0 Å². The number of ether oxygens (including phenoxy) is 1. The van der Waals surface area contributed by atoms with Crippen LogP contribution in [0.1, 0.15) is 31.4 Å². The number of carboxylic acids is 1. The van der Waals surface area contributed by atoms with E-state index in [2.05, 4.69) is 37.2 Å². The summed E-state index contributed by atoms with van der Waals surface area (Å²) in [5, 5.41) is 12.2. The van der Waals surface area contributed by atoms with E-state index in [-0.39, 0.29) is 24.9 Å². The summed E-state index contributed by atoms with van der Waals surface area (Å²) in [6, 6.07) is 8.96. The van der Waals surface area contributed by atoms with Gasteiger partial charge < -0.3 is 15.2 Å². The fraction of sp³-hybridized carbons (Fsp3) is 0.300. The molecule has 2 rings (SSSR count). The molecular formula is C20H20Br2ClNO4. The van der Waals surface area contributed by atoms with E-state index in [4.69, 9.17) is 21.4 Å². The molecule has 0 saturated carbocycles. The summed E-state index contributed by atoms with van der Waals surface area (Å²) in [5.74, 6) is -0.456. The third-order valence-corrected chi connectivity index (χ3v) is 5.21. The Hall–Kier alpha value is -1.57. The van der Waals surface area contributed by atoms with Gasteiger partial charge in [0.25, 0.3) is 0 Å². The molecule has 0 saturated heterocycles. The Balaban J connectivity index is 2.12. The van der Waals surface area contributed by atoms with Gasteiger partial charge in [-0.1, -0.05) is 25.4 Å². The van der Waals surface area contributed by atoms with Crippen molar-refractivity contribution in [2.24, 2.45) is 5.92 Å². The van der Waals surface area contributed by atoms with Crippen molar-refractivity contribution in [3.05, 3.63) is 55.4 Å². The molecule has 0 radical (unpaired) electrons. The molecule has 0 aliphatic rings. The lowest BCUT2D eigenvalue weighted by atomic mass is 10.1. The number of hydrogen-bond donors (Lipinski definition) is 2. The molecule has 0 bridgehead atoms. The van der Waals surface area contributed by atoms with Gasteiger partial charge in [0.1, 0.15) is 12.4 Å². The van der Waals surface area contributed by atoms with Crippen LogP contribution in [0.3, 0.4) is 0 Å². The predicted octanol–water partition coefficient (Wildman–Crippen LogP) is 6.06. The molecule has 5 nitrogen and oxygen atoms in total. The molecule has 8 heteroatoms. The van der Waals surface area contributed by atoms with Crippen molar-refractivity contribution in [1.29, 1.82) is 0 Å². The van der Waals surface area contributed by atoms with Crippen molar-refractivity contribution in [1.82, 2.24) is 0 Å². The van der Waals surface area contributed by atoms with Crippen molar-refractivity contribution in [2.45, 2.75) is 33.3 Å². The molecule has 150 valence electrons. The van der Waals surface area contributed by atoms with Crippen LogP contribution in [-0.2, 0) is 22.6 Å². The minimum atomic E-state index is -0.839. The maximum atomic E-state index is 11.9. The van der Waals surface area contributed by atoms with Crippen molar-refractivity contribution >= 4 is 61.0 Å². The molecule has 28 heavy (non-hydrogen) atoms. The molecule has 0 aromatic heterocycles. The van der Waals surface area contributed by atoms with Crippen LogP contribution in [0.25, 0.3) is 0 Å². The number of carboxylic acid groups (broad SMARTS) is 1. The maximum Gasteiger partial charge on any atom is 0.303 e. The lowest BCUT2D eigenvalue weighted by molar-refractivity contribution is -0.137. The van der Waals surface area contributed by atoms with E-state index < -0.39 is 5.97 Å². The summed E-state index contributed by atoms with van der Waals surface area (Å²) >= 11 is 13.1. The number of amides is 1. The zero-order valence-electron chi connectivity index (χ0n) is 15.4. The third kappa shape index (κ3) is 6.79. The molecule has 0 heterocycles. The Morgan fingerprint density at radius 3 is 2.32 bits per heavy atom. The first-order chi connectivity index (χ1) is 13.2. The van der Waals surface area contributed by atoms with Crippen LogP contribution in [0, 0.1) is 5.92 Å². The minimum Gasteiger partial charge on any atom is -0.487 e. The topological polar surface area (TPSA) is 75.6 Å². The van der Waals surface area contributed by atoms with Gasteiger partial charge in [-0.2, -0.15) is 0 Å². The smallest absolute Gasteiger partial charge is 0.303 e. The molecule has 0 fully saturated rings. The van der Waals surface area contributed by atoms with Crippen LogP contribution in [0.5, 0.6) is 5.75 Å². The van der Waals surface area contributed by atoms with Crippen LogP contribution < -0.4 is 10.1 Å². The lowest BCUT2D eigenvalue weighted by Gasteiger charge is -2.14. The van der Waals surface area contributed by atoms with E-state index in [1.807, 2.05) is 32.0 Å². The number of hydrogen-bond acceptors (Lipinski definition) is 3. The van der Waals surface area contributed by atoms with E-state index in [1.54, 1.807) is 12.1 Å². The molecular weight excluding hydrogens is 513 g/mol. The third-order valence-electron chi connectivity index (χ3n) is 3.82. The number of aliphatic carboxylic acids is 1. The summed E-state index contributed by atoms with van der Waals surface area (Å²) in [5.41, 5.74) is 2.31. The summed E-state index contributed by atoms with van der Waals surface area (Å²) in [6.07, 6.45) is 0.493. The van der Waals surface area contributed by atoms with Crippen LogP contribution >= 0.6 is 43.5 Å². The van der Waals surface area contributed by atoms with E-state index in [0.717, 1.165) is 20.1 Å². The summed E-state index contributed by atoms with van der Waals surface area (Å²) < 4.78 is 7.36. The Morgan fingerprint density at radius 2 is 1.75 bits per heavy atom. The zero-order chi connectivity index (χ0) is 20.8. The highest BCUT2D eigenvalue weighted by atomic mass is 79.9. The second-order valence-electron chi connectivity index (χ2n) is 6.56. The average molecular weight is 534 g/mol. The molecule has 0 aliphatic carbocycles. The van der Waals surface area contributed by atoms with Crippen LogP contribution in [0.2, 0.25) is 5.02 Å². The molecule has 0 unspecified atom stereocenters. The van der Waals surface area contributed by atoms with Crippen LogP contribution in [-0.4, -0.2) is 17.0 Å². The van der Waals surface area contributed by atoms with Crippen molar-refractivity contribution in [2.75, 3.05) is 5.32 Å². The second kappa shape index (κ2) is 10.3. The number of carbonyl (C=O) groups is 2. The number of anilines is 1. The standard InChI is InChI=1S/C20H20Br2ClNO4/c1-11(2)20(27)24-15-6-13(5-14(23)9-15)10-28-19-16(21)7-12(8-17(19)22)3-4-18(25)26/h5-9,11H,3-4,10H2,1-2H3,(H,24,27)(H,25,26). The largest absolute Gasteiger partial charge is 0.487 e. The highest BCUT2D eigenvalue weighted by molar-refractivity contribution is 9.11. The van der Waals surface area contributed by atoms with Crippen LogP contribution in [0.15, 0.2) is 39.3 Å². The maximum absolute atomic E-state index is 11.9. The van der Waals surface area contributed by atoms with Gasteiger partial charge in [0, 0.05) is 23.0 Å². The fourth-order valence-corrected chi connectivity index (χ4v) is 4.16. The first kappa shape index (κ1) is 22.7. The SMILES string of the molecule is CC(C)C(=O)Nc1cc(Cl)cc(COc2c(Br)cc(CCC(=O)O)cc2Br)c1. The first-order valence-corrected chi connectivity index (χ1v) is 10.5. The molecule has 2 N–H and O–H groups in total.